The van der Waals surface area contributed by atoms with Gasteiger partial charge in [0.1, 0.15) is 17.0 Å². The molecule has 1 amide bonds. The van der Waals surface area contributed by atoms with E-state index >= 15 is 0 Å². The number of anilines is 1. The SMILES string of the molecule is COc1cc(OC)c2nc(NC(=S)NC(=O)CC34CC5CC(CC(C5)C3)C4)sc2c1. The fourth-order valence-corrected chi connectivity index (χ4v) is 7.64. The summed E-state index contributed by atoms with van der Waals surface area (Å²) in [4.78, 5) is 17.4. The standard InChI is InChI=1S/C22H27N3O3S2/c1-27-15-6-16(28-2)19-17(7-15)30-21(24-19)25-20(29)23-18(26)11-22-8-12-3-13(9-22)5-14(4-12)10-22/h6-7,12-14H,3-5,8-11H2,1-2H3,(H2,23,24,25,26,29). The highest BCUT2D eigenvalue weighted by molar-refractivity contribution is 7.80. The Morgan fingerprint density at radius 1 is 1.17 bits per heavy atom. The summed E-state index contributed by atoms with van der Waals surface area (Å²) in [5.74, 6) is 3.89. The molecule has 0 unspecified atom stereocenters. The third-order valence-electron chi connectivity index (χ3n) is 7.06. The number of thiazole rings is 1. The van der Waals surface area contributed by atoms with Crippen molar-refractivity contribution in [3.05, 3.63) is 12.1 Å². The fraction of sp³-hybridized carbons (Fsp3) is 0.591. The highest BCUT2D eigenvalue weighted by atomic mass is 32.1. The van der Waals surface area contributed by atoms with E-state index in [-0.39, 0.29) is 11.3 Å². The molecule has 4 aliphatic carbocycles. The molecular formula is C22H27N3O3S2. The lowest BCUT2D eigenvalue weighted by Gasteiger charge is -2.56. The highest BCUT2D eigenvalue weighted by Gasteiger charge is 2.51. The van der Waals surface area contributed by atoms with Crippen molar-refractivity contribution in [3.8, 4) is 11.5 Å². The lowest BCUT2D eigenvalue weighted by molar-refractivity contribution is -0.127. The Balaban J connectivity index is 1.23. The Kier molecular flexibility index (Phi) is 5.09. The Labute approximate surface area is 185 Å². The zero-order chi connectivity index (χ0) is 20.9. The summed E-state index contributed by atoms with van der Waals surface area (Å²) in [7, 11) is 3.23. The van der Waals surface area contributed by atoms with Gasteiger partial charge in [-0.1, -0.05) is 11.3 Å². The first-order valence-corrected chi connectivity index (χ1v) is 11.8. The van der Waals surface area contributed by atoms with Gasteiger partial charge in [-0.05, 0) is 80.0 Å². The molecule has 8 heteroatoms. The molecule has 0 aliphatic heterocycles. The first-order chi connectivity index (χ1) is 14.4. The third kappa shape index (κ3) is 3.75. The van der Waals surface area contributed by atoms with Crippen molar-refractivity contribution in [2.45, 2.75) is 44.9 Å². The molecule has 4 fully saturated rings. The number of hydrogen-bond acceptors (Lipinski definition) is 6. The van der Waals surface area contributed by atoms with Gasteiger partial charge in [0.25, 0.3) is 0 Å². The van der Waals surface area contributed by atoms with E-state index in [0.29, 0.717) is 28.2 Å². The van der Waals surface area contributed by atoms with Crippen LogP contribution in [0.3, 0.4) is 0 Å². The summed E-state index contributed by atoms with van der Waals surface area (Å²) >= 11 is 6.85. The second kappa shape index (κ2) is 7.64. The summed E-state index contributed by atoms with van der Waals surface area (Å²) in [6.45, 7) is 0. The van der Waals surface area contributed by atoms with Gasteiger partial charge < -0.3 is 20.1 Å². The molecule has 6 rings (SSSR count). The van der Waals surface area contributed by atoms with Gasteiger partial charge in [-0.15, -0.1) is 0 Å². The lowest BCUT2D eigenvalue weighted by Crippen LogP contribution is -2.48. The van der Waals surface area contributed by atoms with Crippen molar-refractivity contribution in [1.82, 2.24) is 10.3 Å². The van der Waals surface area contributed by atoms with E-state index in [0.717, 1.165) is 28.0 Å². The van der Waals surface area contributed by atoms with Crippen LogP contribution in [0.4, 0.5) is 5.13 Å². The predicted molar refractivity (Wildman–Crippen MR) is 122 cm³/mol. The molecular weight excluding hydrogens is 418 g/mol. The largest absolute Gasteiger partial charge is 0.497 e. The van der Waals surface area contributed by atoms with Crippen LogP contribution < -0.4 is 20.1 Å². The third-order valence-corrected chi connectivity index (χ3v) is 8.19. The predicted octanol–water partition coefficient (Wildman–Crippen LogP) is 4.73. The quantitative estimate of drug-likeness (QED) is 0.648. The second-order valence-corrected chi connectivity index (χ2v) is 10.7. The van der Waals surface area contributed by atoms with Crippen LogP contribution in [0.15, 0.2) is 12.1 Å². The average molecular weight is 446 g/mol. The van der Waals surface area contributed by atoms with E-state index in [4.69, 9.17) is 21.7 Å². The maximum atomic E-state index is 12.8. The minimum atomic E-state index is 0.0230. The number of benzene rings is 1. The van der Waals surface area contributed by atoms with Crippen LogP contribution in [0, 0.1) is 23.2 Å². The highest BCUT2D eigenvalue weighted by Crippen LogP contribution is 2.61. The van der Waals surface area contributed by atoms with E-state index in [1.807, 2.05) is 6.07 Å². The van der Waals surface area contributed by atoms with Gasteiger partial charge >= 0.3 is 0 Å². The van der Waals surface area contributed by atoms with Gasteiger partial charge in [0.2, 0.25) is 5.91 Å². The molecule has 0 radical (unpaired) electrons. The minimum Gasteiger partial charge on any atom is -0.497 e. The van der Waals surface area contributed by atoms with Gasteiger partial charge in [-0.25, -0.2) is 4.98 Å². The molecule has 4 saturated carbocycles. The molecule has 4 bridgehead atoms. The number of carbonyl (C=O) groups is 1. The Hall–Kier alpha value is -1.93. The molecule has 1 heterocycles. The number of ether oxygens (including phenoxy) is 2. The number of carbonyl (C=O) groups excluding carboxylic acids is 1. The zero-order valence-corrected chi connectivity index (χ0v) is 19.0. The number of aromatic nitrogens is 1. The Morgan fingerprint density at radius 3 is 2.43 bits per heavy atom. The number of thiocarbonyl (C=S) groups is 1. The van der Waals surface area contributed by atoms with Gasteiger partial charge in [0, 0.05) is 12.5 Å². The molecule has 0 spiro atoms. The molecule has 1 aromatic carbocycles. The molecule has 6 nitrogen and oxygen atoms in total. The van der Waals surface area contributed by atoms with Gasteiger partial charge in [-0.2, -0.15) is 0 Å². The van der Waals surface area contributed by atoms with Gasteiger partial charge in [0.15, 0.2) is 10.2 Å². The number of nitrogens with zero attached hydrogens (tertiary/aromatic N) is 1. The molecule has 0 saturated heterocycles. The number of methoxy groups -OCH3 is 2. The number of nitrogens with one attached hydrogen (secondary N) is 2. The zero-order valence-electron chi connectivity index (χ0n) is 17.3. The molecule has 0 atom stereocenters. The minimum absolute atomic E-state index is 0.0230. The van der Waals surface area contributed by atoms with Crippen molar-refractivity contribution in [3.63, 3.8) is 0 Å². The molecule has 2 N–H and O–H groups in total. The van der Waals surface area contributed by atoms with Crippen LogP contribution >= 0.6 is 23.6 Å². The molecule has 4 aliphatic rings. The fourth-order valence-electron chi connectivity index (χ4n) is 6.45. The lowest BCUT2D eigenvalue weighted by atomic mass is 9.49. The van der Waals surface area contributed by atoms with Crippen LogP contribution in [0.5, 0.6) is 11.5 Å². The monoisotopic (exact) mass is 445 g/mol. The second-order valence-electron chi connectivity index (χ2n) is 9.29. The van der Waals surface area contributed by atoms with Crippen LogP contribution in [0.2, 0.25) is 0 Å². The van der Waals surface area contributed by atoms with Crippen LogP contribution in [-0.2, 0) is 4.79 Å². The van der Waals surface area contributed by atoms with Crippen molar-refractivity contribution >= 4 is 49.9 Å². The molecule has 1 aromatic heterocycles. The molecule has 30 heavy (non-hydrogen) atoms. The van der Waals surface area contributed by atoms with E-state index in [1.54, 1.807) is 20.3 Å². The van der Waals surface area contributed by atoms with E-state index in [9.17, 15) is 4.79 Å². The summed E-state index contributed by atoms with van der Waals surface area (Å²) in [5, 5.41) is 6.88. The number of hydrogen-bond donors (Lipinski definition) is 2. The Morgan fingerprint density at radius 2 is 1.83 bits per heavy atom. The number of rotatable bonds is 5. The number of fused-ring (bicyclic) bond motifs is 1. The van der Waals surface area contributed by atoms with Crippen molar-refractivity contribution in [2.24, 2.45) is 23.2 Å². The maximum absolute atomic E-state index is 12.8. The van der Waals surface area contributed by atoms with Gasteiger partial charge in [0.05, 0.1) is 18.9 Å². The Bertz CT molecular complexity index is 968. The molecule has 160 valence electrons. The summed E-state index contributed by atoms with van der Waals surface area (Å²) in [5.41, 5.74) is 0.947. The maximum Gasteiger partial charge on any atom is 0.226 e. The summed E-state index contributed by atoms with van der Waals surface area (Å²) < 4.78 is 11.7. The molecule has 2 aromatic rings. The van der Waals surface area contributed by atoms with Gasteiger partial charge in [-0.3, -0.25) is 4.79 Å². The van der Waals surface area contributed by atoms with E-state index in [1.165, 1.54) is 49.9 Å². The summed E-state index contributed by atoms with van der Waals surface area (Å²) in [6.07, 6.45) is 8.37. The summed E-state index contributed by atoms with van der Waals surface area (Å²) in [6, 6.07) is 3.72. The van der Waals surface area contributed by atoms with E-state index < -0.39 is 0 Å². The van der Waals surface area contributed by atoms with Crippen LogP contribution in [0.25, 0.3) is 10.2 Å². The van der Waals surface area contributed by atoms with Crippen LogP contribution in [-0.4, -0.2) is 30.2 Å². The topological polar surface area (TPSA) is 72.5 Å². The smallest absolute Gasteiger partial charge is 0.226 e. The average Bonchev–Trinajstić information content (AvgIpc) is 3.07. The normalized spacial score (nSPS) is 29.1. The number of amides is 1. The van der Waals surface area contributed by atoms with Crippen molar-refractivity contribution in [1.29, 1.82) is 0 Å². The first-order valence-electron chi connectivity index (χ1n) is 10.6. The van der Waals surface area contributed by atoms with Crippen molar-refractivity contribution < 1.29 is 14.3 Å². The van der Waals surface area contributed by atoms with E-state index in [2.05, 4.69) is 15.6 Å². The first kappa shape index (κ1) is 20.0. The van der Waals surface area contributed by atoms with Crippen molar-refractivity contribution in [2.75, 3.05) is 19.5 Å². The van der Waals surface area contributed by atoms with Crippen LogP contribution in [0.1, 0.15) is 44.9 Å².